The number of likely N-dealkylation sites (tertiary alicyclic amines) is 1. The molecule has 1 saturated heterocycles. The number of rotatable bonds is 5. The number of fused-ring (bicyclic) bond motifs is 1. The molecule has 2 heterocycles. The van der Waals surface area contributed by atoms with Crippen LogP contribution in [0.4, 0.5) is 5.69 Å². The number of carboxylic acids is 1. The molecule has 0 bridgehead atoms. The van der Waals surface area contributed by atoms with E-state index in [0.717, 1.165) is 0 Å². The average Bonchev–Trinajstić information content (AvgIpc) is 3.09. The zero-order chi connectivity index (χ0) is 19.8. The van der Waals surface area contributed by atoms with Gasteiger partial charge in [0.15, 0.2) is 6.10 Å². The highest BCUT2D eigenvalue weighted by atomic mass is 16.5. The summed E-state index contributed by atoms with van der Waals surface area (Å²) in [5.74, 6) is -0.573. The molecule has 2 unspecified atom stereocenters. The lowest BCUT2D eigenvalue weighted by atomic mass is 9.76. The molecule has 0 aromatic heterocycles. The molecule has 1 fully saturated rings. The first-order valence-corrected chi connectivity index (χ1v) is 9.34. The number of aliphatic carboxylic acids is 1. The van der Waals surface area contributed by atoms with Gasteiger partial charge in [-0.05, 0) is 31.4 Å². The highest BCUT2D eigenvalue weighted by molar-refractivity contribution is 6.00. The van der Waals surface area contributed by atoms with Gasteiger partial charge in [-0.1, -0.05) is 26.0 Å². The van der Waals surface area contributed by atoms with E-state index in [1.165, 1.54) is 0 Å². The maximum Gasteiger partial charge on any atom is 0.311 e. The van der Waals surface area contributed by atoms with Crippen LogP contribution in [0.15, 0.2) is 24.3 Å². The number of hydrogen-bond donors (Lipinski definition) is 1. The fourth-order valence-electron chi connectivity index (χ4n) is 3.89. The number of nitrogens with zero attached hydrogens (tertiary/aromatic N) is 2. The maximum atomic E-state index is 12.7. The summed E-state index contributed by atoms with van der Waals surface area (Å²) in [4.78, 5) is 40.1. The number of hydrogen-bond acceptors (Lipinski definition) is 4. The molecule has 0 spiro atoms. The van der Waals surface area contributed by atoms with Crippen LogP contribution in [0.3, 0.4) is 0 Å². The molecule has 1 N–H and O–H groups in total. The Morgan fingerprint density at radius 2 is 2.04 bits per heavy atom. The first kappa shape index (κ1) is 19.2. The highest BCUT2D eigenvalue weighted by Crippen LogP contribution is 2.38. The Kier molecular flexibility index (Phi) is 5.13. The average molecular weight is 374 g/mol. The fourth-order valence-corrected chi connectivity index (χ4v) is 3.89. The van der Waals surface area contributed by atoms with E-state index >= 15 is 0 Å². The summed E-state index contributed by atoms with van der Waals surface area (Å²) in [6.45, 7) is 6.37. The molecule has 7 nitrogen and oxygen atoms in total. The van der Waals surface area contributed by atoms with E-state index in [0.29, 0.717) is 24.4 Å². The molecule has 2 aliphatic heterocycles. The van der Waals surface area contributed by atoms with Crippen LogP contribution in [-0.2, 0) is 14.4 Å². The summed E-state index contributed by atoms with van der Waals surface area (Å²) in [6.07, 6.45) is 0.0188. The van der Waals surface area contributed by atoms with Gasteiger partial charge in [-0.15, -0.1) is 0 Å². The van der Waals surface area contributed by atoms with Crippen LogP contribution >= 0.6 is 0 Å². The predicted octanol–water partition coefficient (Wildman–Crippen LogP) is 2.15. The zero-order valence-electron chi connectivity index (χ0n) is 16.0. The number of para-hydroxylation sites is 2. The molecule has 2 aliphatic rings. The molecular weight excluding hydrogens is 348 g/mol. The van der Waals surface area contributed by atoms with Gasteiger partial charge in [0.2, 0.25) is 5.91 Å². The lowest BCUT2D eigenvalue weighted by molar-refractivity contribution is -0.151. The van der Waals surface area contributed by atoms with Gasteiger partial charge in [-0.2, -0.15) is 0 Å². The van der Waals surface area contributed by atoms with Crippen molar-refractivity contribution in [1.29, 1.82) is 0 Å². The highest BCUT2D eigenvalue weighted by Gasteiger charge is 2.48. The van der Waals surface area contributed by atoms with Crippen molar-refractivity contribution in [3.8, 4) is 5.75 Å². The van der Waals surface area contributed by atoms with Crippen molar-refractivity contribution < 1.29 is 24.2 Å². The lowest BCUT2D eigenvalue weighted by Gasteiger charge is -2.33. The van der Waals surface area contributed by atoms with Crippen molar-refractivity contribution in [3.05, 3.63) is 24.3 Å². The Labute approximate surface area is 158 Å². The van der Waals surface area contributed by atoms with E-state index in [9.17, 15) is 19.5 Å². The topological polar surface area (TPSA) is 87.2 Å². The second kappa shape index (κ2) is 7.21. The summed E-state index contributed by atoms with van der Waals surface area (Å²) in [5, 5.41) is 9.64. The minimum atomic E-state index is -0.883. The van der Waals surface area contributed by atoms with E-state index in [2.05, 4.69) is 0 Å². The van der Waals surface area contributed by atoms with Crippen molar-refractivity contribution in [2.24, 2.45) is 11.3 Å². The molecule has 27 heavy (non-hydrogen) atoms. The fraction of sp³-hybridized carbons (Fsp3) is 0.550. The molecule has 1 aromatic rings. The van der Waals surface area contributed by atoms with Gasteiger partial charge in [-0.3, -0.25) is 14.4 Å². The van der Waals surface area contributed by atoms with Crippen LogP contribution in [0.2, 0.25) is 0 Å². The second-order valence-corrected chi connectivity index (χ2v) is 7.65. The predicted molar refractivity (Wildman–Crippen MR) is 99.6 cm³/mol. The van der Waals surface area contributed by atoms with Crippen molar-refractivity contribution >= 4 is 23.5 Å². The van der Waals surface area contributed by atoms with E-state index in [1.54, 1.807) is 28.9 Å². The van der Waals surface area contributed by atoms with Gasteiger partial charge < -0.3 is 19.6 Å². The Morgan fingerprint density at radius 3 is 2.67 bits per heavy atom. The summed E-state index contributed by atoms with van der Waals surface area (Å²) < 4.78 is 5.61. The molecule has 2 amide bonds. The van der Waals surface area contributed by atoms with Crippen LogP contribution in [0.1, 0.15) is 33.6 Å². The van der Waals surface area contributed by atoms with Crippen molar-refractivity contribution in [2.45, 2.75) is 39.7 Å². The van der Waals surface area contributed by atoms with Crippen LogP contribution in [-0.4, -0.2) is 53.5 Å². The molecular formula is C20H26N2O5. The Bertz CT molecular complexity index is 762. The SMILES string of the molecule is CC1Oc2ccccc2N(CCC(=O)N2CCC(C(=O)O)(C(C)C)C2)C1=O. The van der Waals surface area contributed by atoms with Crippen LogP contribution in [0, 0.1) is 11.3 Å². The first-order valence-electron chi connectivity index (χ1n) is 9.34. The molecule has 3 rings (SSSR count). The largest absolute Gasteiger partial charge is 0.481 e. The number of carbonyl (C=O) groups excluding carboxylic acids is 2. The minimum absolute atomic E-state index is 0.0543. The molecule has 0 saturated carbocycles. The number of benzene rings is 1. The van der Waals surface area contributed by atoms with E-state index in [4.69, 9.17) is 4.74 Å². The van der Waals surface area contributed by atoms with Gasteiger partial charge in [0.05, 0.1) is 11.1 Å². The molecule has 0 aliphatic carbocycles. The van der Waals surface area contributed by atoms with Gasteiger partial charge >= 0.3 is 5.97 Å². The Balaban J connectivity index is 1.68. The number of carbonyl (C=O) groups is 3. The smallest absolute Gasteiger partial charge is 0.311 e. The standard InChI is InChI=1S/C20H26N2O5/c1-13(2)20(19(25)26)9-11-21(12-20)17(23)8-10-22-15-6-4-5-7-16(15)27-14(3)18(22)24/h4-7,13-14H,8-12H2,1-3H3,(H,25,26). The van der Waals surface area contributed by atoms with E-state index in [1.807, 2.05) is 26.0 Å². The number of carboxylic acid groups (broad SMARTS) is 1. The molecule has 1 aromatic carbocycles. The molecule has 146 valence electrons. The number of anilines is 1. The quantitative estimate of drug-likeness (QED) is 0.853. The van der Waals surface area contributed by atoms with Gasteiger partial charge in [-0.25, -0.2) is 0 Å². The summed E-state index contributed by atoms with van der Waals surface area (Å²) in [5.41, 5.74) is -0.220. The molecule has 2 atom stereocenters. The van der Waals surface area contributed by atoms with Crippen LogP contribution in [0.5, 0.6) is 5.75 Å². The third kappa shape index (κ3) is 3.38. The number of amides is 2. The summed E-state index contributed by atoms with van der Waals surface area (Å²) >= 11 is 0. The van der Waals surface area contributed by atoms with Crippen molar-refractivity contribution in [3.63, 3.8) is 0 Å². The minimum Gasteiger partial charge on any atom is -0.481 e. The second-order valence-electron chi connectivity index (χ2n) is 7.65. The monoisotopic (exact) mass is 374 g/mol. The number of ether oxygens (including phenoxy) is 1. The van der Waals surface area contributed by atoms with E-state index in [-0.39, 0.29) is 37.2 Å². The normalized spacial score (nSPS) is 24.7. The lowest BCUT2D eigenvalue weighted by Crippen LogP contribution is -2.46. The van der Waals surface area contributed by atoms with Crippen molar-refractivity contribution in [1.82, 2.24) is 4.90 Å². The van der Waals surface area contributed by atoms with E-state index < -0.39 is 17.5 Å². The Hall–Kier alpha value is -2.57. The Morgan fingerprint density at radius 1 is 1.33 bits per heavy atom. The third-order valence-electron chi connectivity index (χ3n) is 5.81. The zero-order valence-corrected chi connectivity index (χ0v) is 16.0. The van der Waals surface area contributed by atoms with Gasteiger partial charge in [0.1, 0.15) is 5.75 Å². The molecule has 7 heteroatoms. The summed E-state index contributed by atoms with van der Waals surface area (Å²) in [7, 11) is 0. The maximum absolute atomic E-state index is 12.7. The van der Waals surface area contributed by atoms with Crippen LogP contribution in [0.25, 0.3) is 0 Å². The van der Waals surface area contributed by atoms with Crippen LogP contribution < -0.4 is 9.64 Å². The summed E-state index contributed by atoms with van der Waals surface area (Å²) in [6, 6.07) is 7.27. The van der Waals surface area contributed by atoms with Crippen molar-refractivity contribution in [2.75, 3.05) is 24.5 Å². The van der Waals surface area contributed by atoms with Gasteiger partial charge in [0, 0.05) is 26.1 Å². The third-order valence-corrected chi connectivity index (χ3v) is 5.81. The molecule has 0 radical (unpaired) electrons. The van der Waals surface area contributed by atoms with Gasteiger partial charge in [0.25, 0.3) is 5.91 Å². The first-order chi connectivity index (χ1) is 12.8.